The molecule has 0 radical (unpaired) electrons. The molecule has 0 amide bonds. The highest BCUT2D eigenvalue weighted by Crippen LogP contribution is 2.32. The molecule has 3 atom stereocenters. The lowest BCUT2D eigenvalue weighted by Crippen LogP contribution is -2.43. The highest BCUT2D eigenvalue weighted by atomic mass is 35.6. The van der Waals surface area contributed by atoms with Crippen LogP contribution in [-0.2, 0) is 28.5 Å². The molecular weight excluding hydrogens is 483 g/mol. The Kier molecular flexibility index (Phi) is 12.4. The van der Waals surface area contributed by atoms with Crippen LogP contribution in [0.1, 0.15) is 60.8 Å². The van der Waals surface area contributed by atoms with Crippen molar-refractivity contribution in [2.75, 3.05) is 13.7 Å². The largest absolute Gasteiger partial charge is 0.508 e. The fourth-order valence-electron chi connectivity index (χ4n) is 2.77. The summed E-state index contributed by atoms with van der Waals surface area (Å²) < 4.78 is 19.1. The summed E-state index contributed by atoms with van der Waals surface area (Å²) in [5, 5.41) is 0. The fourth-order valence-corrected chi connectivity index (χ4v) is 2.93. The van der Waals surface area contributed by atoms with E-state index in [9.17, 15) is 14.4 Å². The highest BCUT2D eigenvalue weighted by Gasteiger charge is 2.41. The van der Waals surface area contributed by atoms with E-state index in [1.807, 2.05) is 0 Å². The van der Waals surface area contributed by atoms with Crippen LogP contribution in [-0.4, -0.2) is 53.2 Å². The van der Waals surface area contributed by atoms with Gasteiger partial charge in [-0.1, -0.05) is 55.6 Å². The lowest BCUT2D eigenvalue weighted by atomic mass is 9.77. The molecule has 0 saturated carbocycles. The molecule has 0 fully saturated rings. The normalized spacial score (nSPS) is 15.2. The summed E-state index contributed by atoms with van der Waals surface area (Å²) in [7, 11) is 1.41. The van der Waals surface area contributed by atoms with Crippen LogP contribution in [0.5, 0.6) is 0 Å². The van der Waals surface area contributed by atoms with Crippen molar-refractivity contribution in [1.82, 2.24) is 0 Å². The van der Waals surface area contributed by atoms with Crippen LogP contribution in [0.2, 0.25) is 0 Å². The maximum Gasteiger partial charge on any atom is 0.508 e. The summed E-state index contributed by atoms with van der Waals surface area (Å²) in [6, 6.07) is 0. The lowest BCUT2D eigenvalue weighted by Gasteiger charge is -2.34. The van der Waals surface area contributed by atoms with Gasteiger partial charge in [0.1, 0.15) is 24.1 Å². The summed E-state index contributed by atoms with van der Waals surface area (Å²) in [6.07, 6.45) is 2.59. The number of carbonyl (C=O) groups is 3. The molecule has 10 heteroatoms. The van der Waals surface area contributed by atoms with Gasteiger partial charge in [0.05, 0.1) is 17.9 Å². The summed E-state index contributed by atoms with van der Waals surface area (Å²) in [4.78, 5) is 37.5. The molecule has 0 aromatic rings. The van der Waals surface area contributed by atoms with Gasteiger partial charge in [0.25, 0.3) is 0 Å². The van der Waals surface area contributed by atoms with Crippen molar-refractivity contribution in [3.05, 3.63) is 0 Å². The number of carbonyl (C=O) groups excluding carboxylic acids is 3. The van der Waals surface area contributed by atoms with Gasteiger partial charge < -0.3 is 18.9 Å². The molecule has 0 N–H and O–H groups in total. The number of halogens is 3. The molecule has 0 aliphatic heterocycles. The molecule has 0 aliphatic carbocycles. The standard InChI is InChI=1S/C22H33Cl3O7/c1-9-10-14(2)15(31-19(28)30-13-22(23,24)25)11-16(26)21(6,7)17(29-8)12-18(27)32-20(3,4)5/h1,14-15,17H,10-13H2,2-8H3. The number of terminal acetylenes is 1. The van der Waals surface area contributed by atoms with Crippen LogP contribution < -0.4 is 0 Å². The van der Waals surface area contributed by atoms with Gasteiger partial charge >= 0.3 is 12.1 Å². The van der Waals surface area contributed by atoms with Gasteiger partial charge in [0, 0.05) is 25.9 Å². The van der Waals surface area contributed by atoms with E-state index in [-0.39, 0.29) is 31.0 Å². The lowest BCUT2D eigenvalue weighted by molar-refractivity contribution is -0.161. The molecule has 0 aliphatic rings. The van der Waals surface area contributed by atoms with E-state index < -0.39 is 45.7 Å². The number of alkyl halides is 3. The molecule has 0 bridgehead atoms. The molecule has 0 aromatic carbocycles. The number of methoxy groups -OCH3 is 1. The fraction of sp³-hybridized carbons (Fsp3) is 0.773. The van der Waals surface area contributed by atoms with Crippen molar-refractivity contribution in [3.63, 3.8) is 0 Å². The molecule has 184 valence electrons. The summed E-state index contributed by atoms with van der Waals surface area (Å²) >= 11 is 16.7. The Labute approximate surface area is 205 Å². The average Bonchev–Trinajstić information content (AvgIpc) is 2.61. The highest BCUT2D eigenvalue weighted by molar-refractivity contribution is 6.67. The van der Waals surface area contributed by atoms with E-state index in [0.717, 1.165) is 0 Å². The first kappa shape index (κ1) is 30.8. The second kappa shape index (κ2) is 12.9. The van der Waals surface area contributed by atoms with E-state index in [1.165, 1.54) is 7.11 Å². The van der Waals surface area contributed by atoms with E-state index in [4.69, 9.17) is 60.2 Å². The maximum atomic E-state index is 13.2. The number of hydrogen-bond donors (Lipinski definition) is 0. The molecule has 0 aromatic heterocycles. The average molecular weight is 516 g/mol. The number of hydrogen-bond acceptors (Lipinski definition) is 7. The van der Waals surface area contributed by atoms with Crippen molar-refractivity contribution in [2.45, 2.75) is 82.4 Å². The summed E-state index contributed by atoms with van der Waals surface area (Å²) in [5.74, 6) is 1.34. The smallest absolute Gasteiger partial charge is 0.460 e. The van der Waals surface area contributed by atoms with Gasteiger partial charge in [-0.2, -0.15) is 0 Å². The Hall–Kier alpha value is -1.20. The van der Waals surface area contributed by atoms with Crippen molar-refractivity contribution in [3.8, 4) is 12.3 Å². The zero-order chi connectivity index (χ0) is 25.3. The van der Waals surface area contributed by atoms with Crippen LogP contribution in [0.15, 0.2) is 0 Å². The molecule has 0 heterocycles. The van der Waals surface area contributed by atoms with Crippen molar-refractivity contribution < 1.29 is 33.3 Å². The zero-order valence-electron chi connectivity index (χ0n) is 19.6. The molecule has 0 spiro atoms. The molecule has 7 nitrogen and oxygen atoms in total. The number of rotatable bonds is 11. The minimum Gasteiger partial charge on any atom is -0.460 e. The van der Waals surface area contributed by atoms with Crippen LogP contribution in [0.25, 0.3) is 0 Å². The Morgan fingerprint density at radius 1 is 1.03 bits per heavy atom. The van der Waals surface area contributed by atoms with Crippen LogP contribution >= 0.6 is 34.8 Å². The number of ketones is 1. The van der Waals surface area contributed by atoms with Crippen LogP contribution in [0.4, 0.5) is 4.79 Å². The minimum atomic E-state index is -1.80. The van der Waals surface area contributed by atoms with Crippen LogP contribution in [0, 0.1) is 23.7 Å². The van der Waals surface area contributed by atoms with Gasteiger partial charge in [-0.25, -0.2) is 4.79 Å². The van der Waals surface area contributed by atoms with Crippen molar-refractivity contribution >= 4 is 52.7 Å². The van der Waals surface area contributed by atoms with E-state index in [1.54, 1.807) is 41.5 Å². The Balaban J connectivity index is 5.38. The molecule has 0 saturated heterocycles. The van der Waals surface area contributed by atoms with E-state index >= 15 is 0 Å². The zero-order valence-corrected chi connectivity index (χ0v) is 21.9. The van der Waals surface area contributed by atoms with Crippen molar-refractivity contribution in [2.24, 2.45) is 11.3 Å². The Bertz CT molecular complexity index is 687. The number of ether oxygens (including phenoxy) is 4. The SMILES string of the molecule is C#CCC(C)C(CC(=O)C(C)(C)C(CC(=O)OC(C)(C)C)OC)OC(=O)OCC(Cl)(Cl)Cl. The number of Topliss-reactive ketones (excluding diaryl/α,β-unsaturated/α-hetero) is 1. The van der Waals surface area contributed by atoms with Gasteiger partial charge in [-0.3, -0.25) is 9.59 Å². The van der Waals surface area contributed by atoms with Gasteiger partial charge in [-0.15, -0.1) is 12.3 Å². The predicted octanol–water partition coefficient (Wildman–Crippen LogP) is 5.27. The third kappa shape index (κ3) is 12.2. The first-order chi connectivity index (χ1) is 14.4. The minimum absolute atomic E-state index is 0.122. The molecule has 0 rings (SSSR count). The van der Waals surface area contributed by atoms with Gasteiger partial charge in [0.15, 0.2) is 0 Å². The van der Waals surface area contributed by atoms with Gasteiger partial charge in [-0.05, 0) is 20.8 Å². The van der Waals surface area contributed by atoms with Crippen LogP contribution in [0.3, 0.4) is 0 Å². The van der Waals surface area contributed by atoms with E-state index in [2.05, 4.69) is 5.92 Å². The Morgan fingerprint density at radius 2 is 1.59 bits per heavy atom. The molecule has 3 unspecified atom stereocenters. The molecule has 32 heavy (non-hydrogen) atoms. The topological polar surface area (TPSA) is 88.1 Å². The first-order valence-electron chi connectivity index (χ1n) is 10.0. The third-order valence-corrected chi connectivity index (χ3v) is 4.97. The van der Waals surface area contributed by atoms with Crippen molar-refractivity contribution in [1.29, 1.82) is 0 Å². The Morgan fingerprint density at radius 3 is 2.03 bits per heavy atom. The quantitative estimate of drug-likeness (QED) is 0.210. The monoisotopic (exact) mass is 514 g/mol. The van der Waals surface area contributed by atoms with E-state index in [0.29, 0.717) is 0 Å². The second-order valence-electron chi connectivity index (χ2n) is 9.06. The summed E-state index contributed by atoms with van der Waals surface area (Å²) in [5.41, 5.74) is -1.76. The van der Waals surface area contributed by atoms with Gasteiger partial charge in [0.2, 0.25) is 3.79 Å². The molecular formula is C22H33Cl3O7. The summed E-state index contributed by atoms with van der Waals surface area (Å²) in [6.45, 7) is 9.77. The second-order valence-corrected chi connectivity index (χ2v) is 11.6. The first-order valence-corrected chi connectivity index (χ1v) is 11.2. The maximum absolute atomic E-state index is 13.2. The number of esters is 1. The third-order valence-electron chi connectivity index (χ3n) is 4.64. The predicted molar refractivity (Wildman–Crippen MR) is 124 cm³/mol.